The van der Waals surface area contributed by atoms with Gasteiger partial charge in [-0.05, 0) is 46.1 Å². The topological polar surface area (TPSA) is 27.3 Å². The molecule has 2 aliphatic rings. The fourth-order valence-corrected chi connectivity index (χ4v) is 3.80. The van der Waals surface area contributed by atoms with Crippen LogP contribution in [0.2, 0.25) is 0 Å². The highest BCUT2D eigenvalue weighted by Crippen LogP contribution is 2.32. The Balaban J connectivity index is 1.91. The van der Waals surface area contributed by atoms with Gasteiger partial charge in [0.2, 0.25) is 0 Å². The fourth-order valence-electron chi connectivity index (χ4n) is 3.80. The Labute approximate surface area is 113 Å². The van der Waals surface area contributed by atoms with Gasteiger partial charge in [0, 0.05) is 37.8 Å². The summed E-state index contributed by atoms with van der Waals surface area (Å²) in [5.41, 5.74) is 0.332. The summed E-state index contributed by atoms with van der Waals surface area (Å²) in [4.78, 5) is 2.67. The van der Waals surface area contributed by atoms with Gasteiger partial charge in [-0.25, -0.2) is 0 Å². The van der Waals surface area contributed by atoms with Crippen LogP contribution in [0.25, 0.3) is 0 Å². The molecule has 0 aromatic rings. The molecule has 1 saturated heterocycles. The first-order chi connectivity index (χ1) is 8.63. The molecule has 1 heterocycles. The Morgan fingerprint density at radius 1 is 1.22 bits per heavy atom. The van der Waals surface area contributed by atoms with Gasteiger partial charge in [-0.1, -0.05) is 12.8 Å². The summed E-state index contributed by atoms with van der Waals surface area (Å²) in [6.07, 6.45) is 7.04. The van der Waals surface area contributed by atoms with E-state index in [-0.39, 0.29) is 0 Å². The SMILES string of the molecule is CNC(CC(C)(C)N1CCNCC1)C1CCCC1. The van der Waals surface area contributed by atoms with E-state index in [1.165, 1.54) is 45.2 Å². The summed E-state index contributed by atoms with van der Waals surface area (Å²) in [6, 6.07) is 0.706. The first-order valence-electron chi connectivity index (χ1n) is 7.76. The Morgan fingerprint density at radius 3 is 2.39 bits per heavy atom. The maximum Gasteiger partial charge on any atom is 0.0169 e. The summed E-state index contributed by atoms with van der Waals surface area (Å²) in [5, 5.41) is 7.05. The minimum absolute atomic E-state index is 0.332. The van der Waals surface area contributed by atoms with E-state index < -0.39 is 0 Å². The van der Waals surface area contributed by atoms with Gasteiger partial charge >= 0.3 is 0 Å². The molecule has 0 amide bonds. The molecule has 1 aliphatic carbocycles. The highest BCUT2D eigenvalue weighted by molar-refractivity contribution is 4.91. The third kappa shape index (κ3) is 3.46. The standard InChI is InChI=1S/C15H31N3/c1-15(2,18-10-8-17-9-11-18)12-14(16-3)13-6-4-5-7-13/h13-14,16-17H,4-12H2,1-3H3. The number of nitrogens with one attached hydrogen (secondary N) is 2. The molecule has 0 bridgehead atoms. The zero-order valence-electron chi connectivity index (χ0n) is 12.5. The molecule has 0 aromatic heterocycles. The van der Waals surface area contributed by atoms with Crippen LogP contribution in [0.15, 0.2) is 0 Å². The zero-order chi connectivity index (χ0) is 13.0. The van der Waals surface area contributed by atoms with E-state index in [2.05, 4.69) is 36.4 Å². The second-order valence-corrected chi connectivity index (χ2v) is 6.69. The largest absolute Gasteiger partial charge is 0.317 e. The molecule has 106 valence electrons. The quantitative estimate of drug-likeness (QED) is 0.783. The fraction of sp³-hybridized carbons (Fsp3) is 1.00. The van der Waals surface area contributed by atoms with Crippen LogP contribution in [-0.2, 0) is 0 Å². The smallest absolute Gasteiger partial charge is 0.0169 e. The minimum atomic E-state index is 0.332. The highest BCUT2D eigenvalue weighted by Gasteiger charge is 2.33. The van der Waals surface area contributed by atoms with E-state index in [9.17, 15) is 0 Å². The Bertz CT molecular complexity index is 240. The monoisotopic (exact) mass is 253 g/mol. The van der Waals surface area contributed by atoms with E-state index in [1.807, 2.05) is 0 Å². The third-order valence-corrected chi connectivity index (χ3v) is 5.03. The number of nitrogens with zero attached hydrogens (tertiary/aromatic N) is 1. The van der Waals surface area contributed by atoms with Crippen LogP contribution in [-0.4, -0.2) is 49.7 Å². The maximum atomic E-state index is 3.60. The van der Waals surface area contributed by atoms with Crippen molar-refractivity contribution in [2.75, 3.05) is 33.2 Å². The summed E-state index contributed by atoms with van der Waals surface area (Å²) >= 11 is 0. The lowest BCUT2D eigenvalue weighted by molar-refractivity contribution is 0.0787. The second kappa shape index (κ2) is 6.36. The van der Waals surface area contributed by atoms with Gasteiger partial charge in [0.15, 0.2) is 0 Å². The van der Waals surface area contributed by atoms with Crippen LogP contribution in [0.4, 0.5) is 0 Å². The van der Waals surface area contributed by atoms with Crippen molar-refractivity contribution < 1.29 is 0 Å². The van der Waals surface area contributed by atoms with Crippen molar-refractivity contribution in [1.29, 1.82) is 0 Å². The van der Waals surface area contributed by atoms with E-state index >= 15 is 0 Å². The molecule has 2 fully saturated rings. The van der Waals surface area contributed by atoms with Crippen molar-refractivity contribution in [2.45, 2.75) is 57.5 Å². The number of rotatable bonds is 5. The van der Waals surface area contributed by atoms with Crippen molar-refractivity contribution in [2.24, 2.45) is 5.92 Å². The van der Waals surface area contributed by atoms with Crippen LogP contribution >= 0.6 is 0 Å². The summed E-state index contributed by atoms with van der Waals surface area (Å²) < 4.78 is 0. The molecule has 2 N–H and O–H groups in total. The second-order valence-electron chi connectivity index (χ2n) is 6.69. The number of hydrogen-bond donors (Lipinski definition) is 2. The molecule has 1 saturated carbocycles. The average Bonchev–Trinajstić information content (AvgIpc) is 2.91. The number of piperazine rings is 1. The van der Waals surface area contributed by atoms with Gasteiger partial charge in [0.1, 0.15) is 0 Å². The Hall–Kier alpha value is -0.120. The van der Waals surface area contributed by atoms with Gasteiger partial charge < -0.3 is 10.6 Å². The minimum Gasteiger partial charge on any atom is -0.317 e. The van der Waals surface area contributed by atoms with E-state index in [0.717, 1.165) is 19.0 Å². The lowest BCUT2D eigenvalue weighted by Gasteiger charge is -2.44. The summed E-state index contributed by atoms with van der Waals surface area (Å²) in [5.74, 6) is 0.914. The molecular formula is C15H31N3. The first-order valence-corrected chi connectivity index (χ1v) is 7.76. The van der Waals surface area contributed by atoms with Crippen LogP contribution in [0, 0.1) is 5.92 Å². The Morgan fingerprint density at radius 2 is 1.83 bits per heavy atom. The van der Waals surface area contributed by atoms with Crippen LogP contribution in [0.3, 0.4) is 0 Å². The molecule has 1 unspecified atom stereocenters. The third-order valence-electron chi connectivity index (χ3n) is 5.03. The molecule has 0 radical (unpaired) electrons. The van der Waals surface area contributed by atoms with Crippen molar-refractivity contribution in [3.8, 4) is 0 Å². The van der Waals surface area contributed by atoms with Crippen LogP contribution in [0.5, 0.6) is 0 Å². The first kappa shape index (κ1) is 14.3. The van der Waals surface area contributed by atoms with Crippen molar-refractivity contribution in [3.05, 3.63) is 0 Å². The lowest BCUT2D eigenvalue weighted by Crippen LogP contribution is -2.55. The summed E-state index contributed by atoms with van der Waals surface area (Å²) in [6.45, 7) is 9.56. The van der Waals surface area contributed by atoms with Gasteiger partial charge in [0.05, 0.1) is 0 Å². The van der Waals surface area contributed by atoms with E-state index in [4.69, 9.17) is 0 Å². The predicted molar refractivity (Wildman–Crippen MR) is 77.9 cm³/mol. The average molecular weight is 253 g/mol. The van der Waals surface area contributed by atoms with Gasteiger partial charge in [-0.2, -0.15) is 0 Å². The van der Waals surface area contributed by atoms with Crippen molar-refractivity contribution >= 4 is 0 Å². The highest BCUT2D eigenvalue weighted by atomic mass is 15.2. The lowest BCUT2D eigenvalue weighted by atomic mass is 9.85. The van der Waals surface area contributed by atoms with Crippen molar-refractivity contribution in [3.63, 3.8) is 0 Å². The van der Waals surface area contributed by atoms with Crippen LogP contribution < -0.4 is 10.6 Å². The normalized spacial score (nSPS) is 25.5. The molecule has 0 spiro atoms. The van der Waals surface area contributed by atoms with Gasteiger partial charge in [-0.3, -0.25) is 4.90 Å². The van der Waals surface area contributed by atoms with E-state index in [1.54, 1.807) is 0 Å². The molecule has 0 aromatic carbocycles. The molecule has 3 nitrogen and oxygen atoms in total. The maximum absolute atomic E-state index is 3.60. The molecule has 2 rings (SSSR count). The van der Waals surface area contributed by atoms with Crippen LogP contribution in [0.1, 0.15) is 46.0 Å². The van der Waals surface area contributed by atoms with E-state index in [0.29, 0.717) is 11.6 Å². The molecule has 18 heavy (non-hydrogen) atoms. The molecule has 3 heteroatoms. The Kier molecular flexibility index (Phi) is 5.05. The van der Waals surface area contributed by atoms with Gasteiger partial charge in [0.25, 0.3) is 0 Å². The zero-order valence-corrected chi connectivity index (χ0v) is 12.5. The molecule has 1 atom stereocenters. The van der Waals surface area contributed by atoms with Crippen molar-refractivity contribution in [1.82, 2.24) is 15.5 Å². The molecular weight excluding hydrogens is 222 g/mol. The number of hydrogen-bond acceptors (Lipinski definition) is 3. The molecule has 1 aliphatic heterocycles. The summed E-state index contributed by atoms with van der Waals surface area (Å²) in [7, 11) is 2.15. The van der Waals surface area contributed by atoms with Gasteiger partial charge in [-0.15, -0.1) is 0 Å². The predicted octanol–water partition coefficient (Wildman–Crippen LogP) is 1.84.